The van der Waals surface area contributed by atoms with Gasteiger partial charge in [0.05, 0.1) is 0 Å². The van der Waals surface area contributed by atoms with Gasteiger partial charge in [0.2, 0.25) is 0 Å². The number of allylic oxidation sites excluding steroid dienone is 1. The standard InChI is InChI=1S/C24H30O3/c1-3-23-8-6-17-16-5-4-15(25)11-14(16)10-13(2)21(17)22(23)18-12-19(18)24(23)9-7-20(26)27-24/h7,9,11,13,16-19,21-22H,3-6,8,10,12H2,1-2H3/t13?,16-,17?,18?,19?,21?,22?,23-,24-/m0/s1. The van der Waals surface area contributed by atoms with Gasteiger partial charge in [0.15, 0.2) is 5.78 Å². The lowest BCUT2D eigenvalue weighted by Gasteiger charge is -2.59. The summed E-state index contributed by atoms with van der Waals surface area (Å²) in [5, 5.41) is 0. The summed E-state index contributed by atoms with van der Waals surface area (Å²) in [4.78, 5) is 24.1. The first-order chi connectivity index (χ1) is 13.0. The van der Waals surface area contributed by atoms with Gasteiger partial charge in [-0.3, -0.25) is 4.79 Å². The van der Waals surface area contributed by atoms with Gasteiger partial charge in [-0.2, -0.15) is 0 Å². The fourth-order valence-corrected chi connectivity index (χ4v) is 8.95. The Balaban J connectivity index is 1.43. The summed E-state index contributed by atoms with van der Waals surface area (Å²) in [6.45, 7) is 4.76. The highest BCUT2D eigenvalue weighted by Gasteiger charge is 2.79. The predicted octanol–water partition coefficient (Wildman–Crippen LogP) is 4.47. The minimum absolute atomic E-state index is 0.121. The maximum atomic E-state index is 12.1. The normalized spacial score (nSPS) is 54.7. The molecule has 1 aliphatic heterocycles. The Kier molecular flexibility index (Phi) is 3.16. The molecule has 9 atom stereocenters. The number of hydrogen-bond acceptors (Lipinski definition) is 3. The molecule has 0 radical (unpaired) electrons. The van der Waals surface area contributed by atoms with Crippen molar-refractivity contribution in [1.82, 2.24) is 0 Å². The summed E-state index contributed by atoms with van der Waals surface area (Å²) in [6, 6.07) is 0. The van der Waals surface area contributed by atoms with E-state index in [1.54, 1.807) is 6.08 Å². The van der Waals surface area contributed by atoms with Crippen LogP contribution < -0.4 is 0 Å². The minimum atomic E-state index is -0.308. The molecule has 0 aromatic carbocycles. The Hall–Kier alpha value is -1.38. The Bertz CT molecular complexity index is 793. The van der Waals surface area contributed by atoms with Gasteiger partial charge < -0.3 is 4.74 Å². The van der Waals surface area contributed by atoms with Crippen LogP contribution in [0.25, 0.3) is 0 Å². The number of ether oxygens (including phenoxy) is 1. The third-order valence-corrected chi connectivity index (χ3v) is 9.72. The maximum Gasteiger partial charge on any atom is 0.331 e. The second-order valence-corrected chi connectivity index (χ2v) is 10.4. The van der Waals surface area contributed by atoms with Crippen molar-refractivity contribution in [1.29, 1.82) is 0 Å². The average molecular weight is 367 g/mol. The molecule has 3 heteroatoms. The Labute approximate surface area is 161 Å². The van der Waals surface area contributed by atoms with Crippen LogP contribution in [0, 0.1) is 46.8 Å². The van der Waals surface area contributed by atoms with Gasteiger partial charge in [-0.1, -0.05) is 19.4 Å². The summed E-state index contributed by atoms with van der Waals surface area (Å²) in [6.07, 6.45) is 13.6. The first-order valence-electron chi connectivity index (χ1n) is 11.2. The fraction of sp³-hybridized carbons (Fsp3) is 0.750. The van der Waals surface area contributed by atoms with Crippen molar-refractivity contribution >= 4 is 11.8 Å². The predicted molar refractivity (Wildman–Crippen MR) is 102 cm³/mol. The van der Waals surface area contributed by atoms with Crippen LogP contribution in [-0.4, -0.2) is 17.4 Å². The van der Waals surface area contributed by atoms with Gasteiger partial charge >= 0.3 is 5.97 Å². The van der Waals surface area contributed by atoms with Crippen molar-refractivity contribution in [3.63, 3.8) is 0 Å². The highest BCUT2D eigenvalue weighted by Crippen LogP contribution is 2.79. The first-order valence-corrected chi connectivity index (χ1v) is 11.2. The Morgan fingerprint density at radius 3 is 2.81 bits per heavy atom. The molecule has 27 heavy (non-hydrogen) atoms. The number of hydrogen-bond donors (Lipinski definition) is 0. The van der Waals surface area contributed by atoms with Crippen LogP contribution in [0.3, 0.4) is 0 Å². The number of carbonyl (C=O) groups excluding carboxylic acids is 2. The molecule has 0 amide bonds. The second-order valence-electron chi connectivity index (χ2n) is 10.4. The van der Waals surface area contributed by atoms with Crippen molar-refractivity contribution in [2.75, 3.05) is 0 Å². The van der Waals surface area contributed by atoms with Crippen LogP contribution in [-0.2, 0) is 14.3 Å². The highest BCUT2D eigenvalue weighted by molar-refractivity contribution is 5.91. The highest BCUT2D eigenvalue weighted by atomic mass is 16.6. The molecule has 6 unspecified atom stereocenters. The largest absolute Gasteiger partial charge is 0.451 e. The summed E-state index contributed by atoms with van der Waals surface area (Å²) < 4.78 is 6.16. The molecule has 5 aliphatic carbocycles. The SMILES string of the molecule is CC[C@]12CCC3C(C(C)CC4=CC(=O)CC[C@@H]43)C1C1CC1[C@@]21C=CC(=O)O1. The monoisotopic (exact) mass is 366 g/mol. The van der Waals surface area contributed by atoms with E-state index < -0.39 is 0 Å². The van der Waals surface area contributed by atoms with Crippen LogP contribution in [0.15, 0.2) is 23.8 Å². The van der Waals surface area contributed by atoms with E-state index in [0.29, 0.717) is 29.5 Å². The third kappa shape index (κ3) is 1.85. The molecule has 1 heterocycles. The molecule has 1 spiro atoms. The van der Waals surface area contributed by atoms with Gasteiger partial charge in [-0.25, -0.2) is 4.79 Å². The van der Waals surface area contributed by atoms with E-state index in [9.17, 15) is 9.59 Å². The second kappa shape index (κ2) is 5.15. The smallest absolute Gasteiger partial charge is 0.331 e. The molecule has 144 valence electrons. The molecular formula is C24H30O3. The van der Waals surface area contributed by atoms with Crippen molar-refractivity contribution in [3.05, 3.63) is 23.8 Å². The molecule has 0 saturated heterocycles. The lowest BCUT2D eigenvalue weighted by molar-refractivity contribution is -0.174. The van der Waals surface area contributed by atoms with Crippen molar-refractivity contribution in [2.45, 2.75) is 64.4 Å². The molecule has 3 nitrogen and oxygen atoms in total. The molecule has 0 bridgehead atoms. The van der Waals surface area contributed by atoms with Crippen molar-refractivity contribution in [3.8, 4) is 0 Å². The van der Waals surface area contributed by atoms with E-state index in [4.69, 9.17) is 4.74 Å². The molecule has 6 rings (SSSR count). The van der Waals surface area contributed by atoms with Gasteiger partial charge in [-0.15, -0.1) is 0 Å². The number of rotatable bonds is 1. The number of fused-ring (bicyclic) bond motifs is 9. The van der Waals surface area contributed by atoms with Crippen LogP contribution in [0.1, 0.15) is 58.8 Å². The summed E-state index contributed by atoms with van der Waals surface area (Å²) in [7, 11) is 0. The van der Waals surface area contributed by atoms with Crippen LogP contribution in [0.2, 0.25) is 0 Å². The Morgan fingerprint density at radius 2 is 2.07 bits per heavy atom. The van der Waals surface area contributed by atoms with Gasteiger partial charge in [-0.05, 0) is 86.2 Å². The molecule has 0 aromatic rings. The van der Waals surface area contributed by atoms with E-state index in [0.717, 1.165) is 43.4 Å². The molecule has 0 N–H and O–H groups in total. The van der Waals surface area contributed by atoms with Crippen molar-refractivity contribution in [2.24, 2.45) is 46.8 Å². The van der Waals surface area contributed by atoms with Crippen LogP contribution in [0.4, 0.5) is 0 Å². The maximum absolute atomic E-state index is 12.1. The molecule has 6 aliphatic rings. The van der Waals surface area contributed by atoms with E-state index in [1.807, 2.05) is 6.08 Å². The van der Waals surface area contributed by atoms with E-state index in [2.05, 4.69) is 19.9 Å². The number of esters is 1. The Morgan fingerprint density at radius 1 is 1.22 bits per heavy atom. The fourth-order valence-electron chi connectivity index (χ4n) is 8.95. The number of carbonyl (C=O) groups is 2. The molecular weight excluding hydrogens is 336 g/mol. The van der Waals surface area contributed by atoms with Gasteiger partial charge in [0.25, 0.3) is 0 Å². The molecule has 0 aromatic heterocycles. The third-order valence-electron chi connectivity index (χ3n) is 9.72. The van der Waals surface area contributed by atoms with E-state index in [1.165, 1.54) is 24.8 Å². The van der Waals surface area contributed by atoms with Crippen LogP contribution >= 0.6 is 0 Å². The lowest BCUT2D eigenvalue weighted by atomic mass is 9.46. The van der Waals surface area contributed by atoms with Gasteiger partial charge in [0.1, 0.15) is 5.60 Å². The topological polar surface area (TPSA) is 43.4 Å². The summed E-state index contributed by atoms with van der Waals surface area (Å²) in [5.41, 5.74) is 1.29. The summed E-state index contributed by atoms with van der Waals surface area (Å²) in [5.74, 6) is 4.95. The van der Waals surface area contributed by atoms with Crippen molar-refractivity contribution < 1.29 is 14.3 Å². The number of ketones is 1. The molecule has 4 fully saturated rings. The zero-order chi connectivity index (χ0) is 18.6. The van der Waals surface area contributed by atoms with Gasteiger partial charge in [0, 0.05) is 23.8 Å². The van der Waals surface area contributed by atoms with E-state index in [-0.39, 0.29) is 17.0 Å². The van der Waals surface area contributed by atoms with E-state index >= 15 is 0 Å². The zero-order valence-corrected chi connectivity index (χ0v) is 16.4. The minimum Gasteiger partial charge on any atom is -0.451 e. The zero-order valence-electron chi connectivity index (χ0n) is 16.4. The average Bonchev–Trinajstić information content (AvgIpc) is 3.30. The quantitative estimate of drug-likeness (QED) is 0.643. The first kappa shape index (κ1) is 16.6. The summed E-state index contributed by atoms with van der Waals surface area (Å²) >= 11 is 0. The lowest BCUT2D eigenvalue weighted by Crippen LogP contribution is -2.57. The molecule has 4 saturated carbocycles. The van der Waals surface area contributed by atoms with Crippen LogP contribution in [0.5, 0.6) is 0 Å².